The van der Waals surface area contributed by atoms with E-state index < -0.39 is 0 Å². The van der Waals surface area contributed by atoms with Crippen LogP contribution in [0.1, 0.15) is 0 Å². The highest BCUT2D eigenvalue weighted by atomic mass is 32.1. The summed E-state index contributed by atoms with van der Waals surface area (Å²) in [5, 5.41) is 4.18. The molecule has 2 heterocycles. The Morgan fingerprint density at radius 3 is 2.55 bits per heavy atom. The molecular weight excluding hydrogens is 272 g/mol. The molecule has 4 nitrogen and oxygen atoms in total. The van der Waals surface area contributed by atoms with E-state index in [4.69, 9.17) is 9.47 Å². The highest BCUT2D eigenvalue weighted by Gasteiger charge is 2.15. The van der Waals surface area contributed by atoms with E-state index in [-0.39, 0.29) is 0 Å². The molecule has 1 aliphatic heterocycles. The molecule has 0 spiro atoms. The summed E-state index contributed by atoms with van der Waals surface area (Å²) < 4.78 is 12.3. The first kappa shape index (κ1) is 11.5. The number of rotatable bonds is 2. The van der Waals surface area contributed by atoms with Crippen molar-refractivity contribution in [3.63, 3.8) is 0 Å². The second kappa shape index (κ2) is 4.68. The van der Waals surface area contributed by atoms with E-state index in [1.807, 2.05) is 42.5 Å². The zero-order valence-electron chi connectivity index (χ0n) is 10.6. The summed E-state index contributed by atoms with van der Waals surface area (Å²) in [6, 6.07) is 14.0. The van der Waals surface area contributed by atoms with Gasteiger partial charge in [-0.25, -0.2) is 4.98 Å². The first-order valence-corrected chi connectivity index (χ1v) is 7.22. The molecule has 1 aliphatic rings. The normalized spacial score (nSPS) is 13.4. The largest absolute Gasteiger partial charge is 0.486 e. The van der Waals surface area contributed by atoms with Gasteiger partial charge in [-0.15, -0.1) is 0 Å². The number of aromatic nitrogens is 1. The molecule has 3 aromatic rings. The van der Waals surface area contributed by atoms with Gasteiger partial charge in [0.05, 0.1) is 10.2 Å². The Balaban J connectivity index is 1.71. The van der Waals surface area contributed by atoms with Crippen LogP contribution in [0.4, 0.5) is 10.8 Å². The minimum atomic E-state index is 0.595. The van der Waals surface area contributed by atoms with E-state index in [2.05, 4.69) is 10.3 Å². The molecule has 0 amide bonds. The summed E-state index contributed by atoms with van der Waals surface area (Å²) in [6.07, 6.45) is 0. The second-order valence-electron chi connectivity index (χ2n) is 4.47. The fraction of sp³-hybridized carbons (Fsp3) is 0.133. The number of ether oxygens (including phenoxy) is 2. The quantitative estimate of drug-likeness (QED) is 0.777. The van der Waals surface area contributed by atoms with Gasteiger partial charge in [0.2, 0.25) is 0 Å². The Morgan fingerprint density at radius 2 is 1.75 bits per heavy atom. The van der Waals surface area contributed by atoms with Crippen molar-refractivity contribution in [2.24, 2.45) is 0 Å². The first-order chi connectivity index (χ1) is 9.88. The number of hydrogen-bond donors (Lipinski definition) is 1. The molecule has 0 aliphatic carbocycles. The van der Waals surface area contributed by atoms with Crippen molar-refractivity contribution in [1.82, 2.24) is 4.98 Å². The van der Waals surface area contributed by atoms with Gasteiger partial charge >= 0.3 is 0 Å². The Morgan fingerprint density at radius 1 is 1.00 bits per heavy atom. The summed E-state index contributed by atoms with van der Waals surface area (Å²) in [6.45, 7) is 1.20. The van der Waals surface area contributed by atoms with Gasteiger partial charge in [0.1, 0.15) is 13.2 Å². The van der Waals surface area contributed by atoms with E-state index >= 15 is 0 Å². The minimum Gasteiger partial charge on any atom is -0.486 e. The third kappa shape index (κ3) is 2.06. The van der Waals surface area contributed by atoms with Gasteiger partial charge in [-0.1, -0.05) is 29.5 Å². The first-order valence-electron chi connectivity index (χ1n) is 6.41. The lowest BCUT2D eigenvalue weighted by Crippen LogP contribution is -2.15. The zero-order chi connectivity index (χ0) is 13.4. The highest BCUT2D eigenvalue weighted by Crippen LogP contribution is 2.38. The Labute approximate surface area is 120 Å². The van der Waals surface area contributed by atoms with Gasteiger partial charge in [0, 0.05) is 17.8 Å². The number of anilines is 2. The number of para-hydroxylation sites is 1. The minimum absolute atomic E-state index is 0.595. The predicted molar refractivity (Wildman–Crippen MR) is 80.3 cm³/mol. The average Bonchev–Trinajstić information content (AvgIpc) is 2.86. The number of thiazole rings is 1. The molecule has 20 heavy (non-hydrogen) atoms. The summed E-state index contributed by atoms with van der Waals surface area (Å²) in [5.74, 6) is 1.58. The third-order valence-electron chi connectivity index (χ3n) is 3.08. The zero-order valence-corrected chi connectivity index (χ0v) is 11.4. The van der Waals surface area contributed by atoms with E-state index in [0.717, 1.165) is 32.5 Å². The second-order valence-corrected chi connectivity index (χ2v) is 5.50. The number of benzene rings is 2. The van der Waals surface area contributed by atoms with Crippen molar-refractivity contribution in [2.45, 2.75) is 0 Å². The number of nitrogens with one attached hydrogen (secondary N) is 1. The van der Waals surface area contributed by atoms with Gasteiger partial charge in [0.15, 0.2) is 16.6 Å². The molecule has 0 radical (unpaired) electrons. The van der Waals surface area contributed by atoms with Crippen molar-refractivity contribution in [3.05, 3.63) is 42.5 Å². The fourth-order valence-electron chi connectivity index (χ4n) is 2.16. The molecule has 1 aromatic heterocycles. The van der Waals surface area contributed by atoms with Crippen LogP contribution in [-0.4, -0.2) is 18.2 Å². The molecule has 0 atom stereocenters. The topological polar surface area (TPSA) is 43.4 Å². The molecule has 0 fully saturated rings. The molecule has 1 N–H and O–H groups in total. The molecule has 0 bridgehead atoms. The Kier molecular flexibility index (Phi) is 2.70. The fourth-order valence-corrected chi connectivity index (χ4v) is 3.06. The van der Waals surface area contributed by atoms with E-state index in [1.54, 1.807) is 11.3 Å². The third-order valence-corrected chi connectivity index (χ3v) is 4.01. The van der Waals surface area contributed by atoms with Crippen molar-refractivity contribution < 1.29 is 9.47 Å². The van der Waals surface area contributed by atoms with Crippen LogP contribution < -0.4 is 14.8 Å². The van der Waals surface area contributed by atoms with Crippen LogP contribution >= 0.6 is 11.3 Å². The van der Waals surface area contributed by atoms with Crippen LogP contribution in [0.5, 0.6) is 11.5 Å². The SMILES string of the molecule is c1ccc(Nc2nc3cc4c(cc3s2)OCCO4)cc1. The summed E-state index contributed by atoms with van der Waals surface area (Å²) in [5.41, 5.74) is 1.96. The van der Waals surface area contributed by atoms with Gasteiger partial charge < -0.3 is 14.8 Å². The summed E-state index contributed by atoms with van der Waals surface area (Å²) >= 11 is 1.61. The average molecular weight is 284 g/mol. The lowest BCUT2D eigenvalue weighted by molar-refractivity contribution is 0.172. The van der Waals surface area contributed by atoms with E-state index in [0.29, 0.717) is 13.2 Å². The predicted octanol–water partition coefficient (Wildman–Crippen LogP) is 3.81. The molecule has 0 saturated carbocycles. The van der Waals surface area contributed by atoms with Crippen molar-refractivity contribution in [3.8, 4) is 11.5 Å². The number of hydrogen-bond acceptors (Lipinski definition) is 5. The smallest absolute Gasteiger partial charge is 0.188 e. The Bertz CT molecular complexity index is 712. The molecule has 0 unspecified atom stereocenters. The van der Waals surface area contributed by atoms with Crippen LogP contribution in [0.2, 0.25) is 0 Å². The highest BCUT2D eigenvalue weighted by molar-refractivity contribution is 7.22. The van der Waals surface area contributed by atoms with Crippen LogP contribution in [0.3, 0.4) is 0 Å². The lowest BCUT2D eigenvalue weighted by atomic mass is 10.3. The summed E-state index contributed by atoms with van der Waals surface area (Å²) in [4.78, 5) is 4.59. The van der Waals surface area contributed by atoms with Gasteiger partial charge in [-0.05, 0) is 12.1 Å². The monoisotopic (exact) mass is 284 g/mol. The Hall–Kier alpha value is -2.27. The number of nitrogens with zero attached hydrogens (tertiary/aromatic N) is 1. The van der Waals surface area contributed by atoms with E-state index in [1.165, 1.54) is 0 Å². The lowest BCUT2D eigenvalue weighted by Gasteiger charge is -2.17. The molecule has 4 rings (SSSR count). The maximum Gasteiger partial charge on any atom is 0.188 e. The van der Waals surface area contributed by atoms with Crippen molar-refractivity contribution >= 4 is 32.4 Å². The van der Waals surface area contributed by atoms with Crippen LogP contribution in [-0.2, 0) is 0 Å². The number of fused-ring (bicyclic) bond motifs is 2. The van der Waals surface area contributed by atoms with E-state index in [9.17, 15) is 0 Å². The summed E-state index contributed by atoms with van der Waals surface area (Å²) in [7, 11) is 0. The molecule has 0 saturated heterocycles. The molecular formula is C15H12N2O2S. The molecule has 2 aromatic carbocycles. The van der Waals surface area contributed by atoms with Crippen molar-refractivity contribution in [1.29, 1.82) is 0 Å². The maximum atomic E-state index is 5.59. The van der Waals surface area contributed by atoms with Gasteiger partial charge in [0.25, 0.3) is 0 Å². The molecule has 100 valence electrons. The maximum absolute atomic E-state index is 5.59. The van der Waals surface area contributed by atoms with Crippen LogP contribution in [0, 0.1) is 0 Å². The molecule has 5 heteroatoms. The standard InChI is InChI=1S/C15H12N2O2S/c1-2-4-10(5-3-1)16-15-17-11-8-12-13(9-14(11)20-15)19-7-6-18-12/h1-5,8-9H,6-7H2,(H,16,17). The van der Waals surface area contributed by atoms with Gasteiger partial charge in [-0.2, -0.15) is 0 Å². The van der Waals surface area contributed by atoms with Crippen LogP contribution in [0.25, 0.3) is 10.2 Å². The van der Waals surface area contributed by atoms with Gasteiger partial charge in [-0.3, -0.25) is 0 Å². The van der Waals surface area contributed by atoms with Crippen molar-refractivity contribution in [2.75, 3.05) is 18.5 Å². The van der Waals surface area contributed by atoms with Crippen LogP contribution in [0.15, 0.2) is 42.5 Å².